The summed E-state index contributed by atoms with van der Waals surface area (Å²) in [6, 6.07) is 12.8. The van der Waals surface area contributed by atoms with Crippen LogP contribution in [0.4, 0.5) is 9.59 Å². The molecule has 16 nitrogen and oxygen atoms in total. The lowest BCUT2D eigenvalue weighted by molar-refractivity contribution is -0.140. The van der Waals surface area contributed by atoms with Crippen LogP contribution in [0.25, 0.3) is 44.2 Å². The highest BCUT2D eigenvalue weighted by atomic mass is 16.5. The van der Waals surface area contributed by atoms with Crippen molar-refractivity contribution in [3.63, 3.8) is 0 Å². The maximum atomic E-state index is 14.6. The SMILES string of the molecule is COC(=O)N[C@H](C(=O)N1[C@H](c2ncc(-c3ccc4c(c3)COc3cc5c(ccc6nc([C@@H]7CC[C@H](C)N7C(=O)[C@@H](NC(=O)OC)C7C[C@@H](C)O[C@H](C)C7)[nH]c65)cc3-4)[nH]2)C[C@@H]2CCC[C@@H]21)C(C)C. The Kier molecular flexibility index (Phi) is 11.9. The quantitative estimate of drug-likeness (QED) is 0.112. The predicted molar refractivity (Wildman–Crippen MR) is 251 cm³/mol. The highest BCUT2D eigenvalue weighted by Gasteiger charge is 2.50. The van der Waals surface area contributed by atoms with E-state index in [9.17, 15) is 19.2 Å². The van der Waals surface area contributed by atoms with Crippen molar-refractivity contribution in [3.05, 3.63) is 65.9 Å². The molecule has 1 saturated carbocycles. The highest BCUT2D eigenvalue weighted by Crippen LogP contribution is 2.48. The van der Waals surface area contributed by atoms with Crippen molar-refractivity contribution in [2.75, 3.05) is 14.2 Å². The number of nitrogens with one attached hydrogen (secondary N) is 4. The normalized spacial score (nSPS) is 26.4. The minimum absolute atomic E-state index is 0.0338. The summed E-state index contributed by atoms with van der Waals surface area (Å²) in [6.45, 7) is 10.3. The zero-order valence-corrected chi connectivity index (χ0v) is 39.4. The molecule has 354 valence electrons. The molecule has 4 N–H and O–H groups in total. The third-order valence-electron chi connectivity index (χ3n) is 15.2. The molecule has 1 aliphatic carbocycles. The van der Waals surface area contributed by atoms with Crippen molar-refractivity contribution >= 4 is 45.8 Å². The van der Waals surface area contributed by atoms with E-state index in [2.05, 4.69) is 63.9 Å². The Morgan fingerprint density at radius 1 is 0.806 bits per heavy atom. The molecule has 67 heavy (non-hydrogen) atoms. The lowest BCUT2D eigenvalue weighted by Gasteiger charge is -2.39. The van der Waals surface area contributed by atoms with Gasteiger partial charge >= 0.3 is 12.2 Å². The van der Waals surface area contributed by atoms with Crippen LogP contribution in [0.2, 0.25) is 0 Å². The number of methoxy groups -OCH3 is 2. The van der Waals surface area contributed by atoms with Crippen molar-refractivity contribution in [2.45, 2.75) is 141 Å². The second kappa shape index (κ2) is 17.8. The molecule has 0 radical (unpaired) electrons. The minimum atomic E-state index is -0.754. The molecule has 5 aliphatic rings. The standard InChI is InChI=1S/C51H62N8O8/c1-25(2)43(56-50(62)64-6)48(60)59-39-10-8-9-31(39)21-41(59)46-52-23-38(54-46)30-12-14-34-33(19-30)24-66-42-22-35-29(20-36(34)42)13-15-37-45(35)55-47(53-37)40-16-11-26(3)58(40)49(61)44(57-51(63)65-7)32-17-27(4)67-28(5)18-32/h12-15,19-20,22-23,25-28,31-32,39-41,43-44H,8-11,16-18,21,24H2,1-7H3,(H,52,54)(H,53,55)(H,56,62)(H,57,63)/t26-,27+,28+,31-,39-,40-,41-,43-,44-/m0/s1. The summed E-state index contributed by atoms with van der Waals surface area (Å²) in [5.74, 6) is 2.18. The van der Waals surface area contributed by atoms with Crippen molar-refractivity contribution in [1.82, 2.24) is 40.4 Å². The van der Waals surface area contributed by atoms with E-state index >= 15 is 0 Å². The fourth-order valence-corrected chi connectivity index (χ4v) is 12.1. The smallest absolute Gasteiger partial charge is 0.407 e. The van der Waals surface area contributed by atoms with Gasteiger partial charge in [-0.25, -0.2) is 19.6 Å². The molecular weight excluding hydrogens is 853 g/mol. The third kappa shape index (κ3) is 8.14. The van der Waals surface area contributed by atoms with Crippen LogP contribution in [0.1, 0.15) is 115 Å². The van der Waals surface area contributed by atoms with Gasteiger partial charge in [0, 0.05) is 23.0 Å². The van der Waals surface area contributed by atoms with Crippen LogP contribution >= 0.6 is 0 Å². The predicted octanol–water partition coefficient (Wildman–Crippen LogP) is 8.47. The first-order valence-corrected chi connectivity index (χ1v) is 24.1. The van der Waals surface area contributed by atoms with Crippen LogP contribution in [0.3, 0.4) is 0 Å². The minimum Gasteiger partial charge on any atom is -0.488 e. The van der Waals surface area contributed by atoms with Crippen molar-refractivity contribution in [2.24, 2.45) is 17.8 Å². The molecule has 4 amide bonds. The first-order valence-electron chi connectivity index (χ1n) is 24.1. The summed E-state index contributed by atoms with van der Waals surface area (Å²) in [5.41, 5.74) is 6.65. The van der Waals surface area contributed by atoms with E-state index < -0.39 is 24.3 Å². The summed E-state index contributed by atoms with van der Waals surface area (Å²) in [4.78, 5) is 74.8. The van der Waals surface area contributed by atoms with E-state index in [-0.39, 0.29) is 60.0 Å². The molecule has 6 heterocycles. The number of carbonyl (C=O) groups excluding carboxylic acids is 4. The monoisotopic (exact) mass is 914 g/mol. The Labute approximate surface area is 390 Å². The number of H-pyrrole nitrogens is 2. The van der Waals surface area contributed by atoms with E-state index in [0.29, 0.717) is 25.4 Å². The molecule has 16 heteroatoms. The van der Waals surface area contributed by atoms with Crippen LogP contribution in [0.15, 0.2) is 48.7 Å². The molecule has 3 aromatic carbocycles. The number of alkyl carbamates (subject to hydrolysis) is 2. The number of fused-ring (bicyclic) bond motifs is 7. The van der Waals surface area contributed by atoms with E-state index in [1.54, 1.807) is 0 Å². The van der Waals surface area contributed by atoms with Gasteiger partial charge in [0.25, 0.3) is 0 Å². The summed E-state index contributed by atoms with van der Waals surface area (Å²) in [7, 11) is 2.63. The number of carbonyl (C=O) groups is 4. The van der Waals surface area contributed by atoms with Crippen molar-refractivity contribution in [1.29, 1.82) is 0 Å². The maximum absolute atomic E-state index is 14.6. The van der Waals surface area contributed by atoms with E-state index in [0.717, 1.165) is 106 Å². The number of benzene rings is 3. The van der Waals surface area contributed by atoms with Gasteiger partial charge in [-0.15, -0.1) is 0 Å². The molecular formula is C51H62N8O8. The Balaban J connectivity index is 0.906. The van der Waals surface area contributed by atoms with Gasteiger partial charge in [-0.2, -0.15) is 0 Å². The first kappa shape index (κ1) is 44.7. The van der Waals surface area contributed by atoms with Gasteiger partial charge in [-0.1, -0.05) is 38.5 Å². The van der Waals surface area contributed by atoms with E-state index in [1.807, 2.05) is 49.8 Å². The van der Waals surface area contributed by atoms with Crippen molar-refractivity contribution in [3.8, 4) is 28.1 Å². The van der Waals surface area contributed by atoms with Crippen LogP contribution in [0.5, 0.6) is 5.75 Å². The van der Waals surface area contributed by atoms with Crippen LogP contribution in [0, 0.1) is 17.8 Å². The first-order chi connectivity index (χ1) is 32.3. The van der Waals surface area contributed by atoms with Crippen molar-refractivity contribution < 1.29 is 38.1 Å². The number of rotatable bonds is 9. The number of amides is 4. The van der Waals surface area contributed by atoms with Crippen LogP contribution in [-0.4, -0.2) is 104 Å². The fraction of sp³-hybridized carbons (Fsp3) is 0.529. The number of imidazole rings is 2. The molecule has 3 saturated heterocycles. The second-order valence-corrected chi connectivity index (χ2v) is 19.9. The Morgan fingerprint density at radius 3 is 2.34 bits per heavy atom. The third-order valence-corrected chi connectivity index (χ3v) is 15.2. The number of likely N-dealkylation sites (tertiary alicyclic amines) is 2. The topological polar surface area (TPSA) is 193 Å². The lowest BCUT2D eigenvalue weighted by Crippen LogP contribution is -2.55. The summed E-state index contributed by atoms with van der Waals surface area (Å²) in [6.07, 6.45) is 7.31. The summed E-state index contributed by atoms with van der Waals surface area (Å²) in [5, 5.41) is 7.69. The molecule has 9 atom stereocenters. The molecule has 2 aromatic heterocycles. The van der Waals surface area contributed by atoms with Gasteiger partial charge in [0.1, 0.15) is 36.1 Å². The molecule has 0 spiro atoms. The maximum Gasteiger partial charge on any atom is 0.407 e. The Bertz CT molecular complexity index is 2720. The van der Waals surface area contributed by atoms with Crippen LogP contribution in [-0.2, 0) is 30.4 Å². The molecule has 5 aromatic rings. The number of ether oxygens (including phenoxy) is 4. The molecule has 4 fully saturated rings. The lowest BCUT2D eigenvalue weighted by atomic mass is 9.85. The molecule has 4 aliphatic heterocycles. The fourth-order valence-electron chi connectivity index (χ4n) is 12.1. The molecule has 0 unspecified atom stereocenters. The Hall–Kier alpha value is -6.16. The van der Waals surface area contributed by atoms with Gasteiger partial charge in [0.05, 0.1) is 61.4 Å². The van der Waals surface area contributed by atoms with E-state index in [1.165, 1.54) is 14.2 Å². The zero-order valence-electron chi connectivity index (χ0n) is 39.4. The summed E-state index contributed by atoms with van der Waals surface area (Å²) >= 11 is 0. The number of nitrogens with zero attached hydrogens (tertiary/aromatic N) is 4. The van der Waals surface area contributed by atoms with Gasteiger partial charge in [-0.3, -0.25) is 9.59 Å². The average Bonchev–Trinajstić information content (AvgIpc) is 4.17. The number of aromatic amines is 2. The number of hydrogen-bond acceptors (Lipinski definition) is 10. The average molecular weight is 915 g/mol. The Morgan fingerprint density at radius 2 is 1.58 bits per heavy atom. The highest BCUT2D eigenvalue weighted by molar-refractivity contribution is 6.07. The van der Waals surface area contributed by atoms with Gasteiger partial charge in [0.15, 0.2) is 0 Å². The number of hydrogen-bond donors (Lipinski definition) is 4. The second-order valence-electron chi connectivity index (χ2n) is 19.9. The van der Waals surface area contributed by atoms with E-state index in [4.69, 9.17) is 28.9 Å². The molecule has 0 bridgehead atoms. The van der Waals surface area contributed by atoms with Crippen LogP contribution < -0.4 is 15.4 Å². The summed E-state index contributed by atoms with van der Waals surface area (Å²) < 4.78 is 22.4. The van der Waals surface area contributed by atoms with Gasteiger partial charge in [-0.05, 0) is 130 Å². The largest absolute Gasteiger partial charge is 0.488 e. The number of aromatic nitrogens is 4. The molecule has 10 rings (SSSR count). The van der Waals surface area contributed by atoms with Gasteiger partial charge < -0.3 is 49.3 Å². The van der Waals surface area contributed by atoms with Gasteiger partial charge in [0.2, 0.25) is 11.8 Å². The zero-order chi connectivity index (χ0) is 46.8.